The van der Waals surface area contributed by atoms with E-state index >= 15 is 0 Å². The molecule has 1 aromatic heterocycles. The summed E-state index contributed by atoms with van der Waals surface area (Å²) in [4.78, 5) is 15.3. The number of carbonyl (C=O) groups is 1. The molecule has 1 aliphatic carbocycles. The van der Waals surface area contributed by atoms with E-state index in [1.807, 2.05) is 0 Å². The van der Waals surface area contributed by atoms with Gasteiger partial charge in [0.25, 0.3) is 0 Å². The maximum Gasteiger partial charge on any atom is 0.165 e. The van der Waals surface area contributed by atoms with Crippen LogP contribution >= 0.6 is 0 Å². The lowest BCUT2D eigenvalue weighted by atomic mass is 9.76. The molecular formula is C14H19NO4. The number of fused-ring (bicyclic) bond motifs is 1. The van der Waals surface area contributed by atoms with Crippen molar-refractivity contribution in [3.05, 3.63) is 23.0 Å². The molecule has 0 bridgehead atoms. The zero-order valence-corrected chi connectivity index (χ0v) is 11.1. The summed E-state index contributed by atoms with van der Waals surface area (Å²) in [6, 6.07) is 1.76. The fraction of sp³-hybridized carbons (Fsp3) is 0.643. The first-order valence-electron chi connectivity index (χ1n) is 6.60. The Hall–Kier alpha value is -1.17. The number of aliphatic hydroxyl groups excluding tert-OH is 2. The molecule has 1 aliphatic heterocycles. The number of carbonyl (C=O) groups excluding carboxylic acids is 1. The number of hydrogen-bond acceptors (Lipinski definition) is 4. The van der Waals surface area contributed by atoms with Crippen LogP contribution in [0.25, 0.3) is 0 Å². The molecule has 0 aromatic carbocycles. The normalized spacial score (nSPS) is 33.5. The van der Waals surface area contributed by atoms with Gasteiger partial charge >= 0.3 is 0 Å². The molecule has 1 fully saturated rings. The number of aliphatic hydroxyl groups is 2. The number of aromatic nitrogens is 1. The van der Waals surface area contributed by atoms with Gasteiger partial charge in [-0.3, -0.25) is 4.79 Å². The summed E-state index contributed by atoms with van der Waals surface area (Å²) in [6.45, 7) is 4.26. The van der Waals surface area contributed by atoms with Crippen molar-refractivity contribution in [3.63, 3.8) is 0 Å². The lowest BCUT2D eigenvalue weighted by molar-refractivity contribution is 0.0207. The smallest absolute Gasteiger partial charge is 0.165 e. The Labute approximate surface area is 111 Å². The lowest BCUT2D eigenvalue weighted by Gasteiger charge is -2.27. The van der Waals surface area contributed by atoms with Crippen LogP contribution in [0.5, 0.6) is 0 Å². The Bertz CT molecular complexity index is 520. The molecule has 0 amide bonds. The zero-order valence-electron chi connectivity index (χ0n) is 11.1. The van der Waals surface area contributed by atoms with E-state index in [1.165, 1.54) is 0 Å². The van der Waals surface area contributed by atoms with Gasteiger partial charge in [-0.05, 0) is 17.9 Å². The van der Waals surface area contributed by atoms with Crippen LogP contribution in [-0.4, -0.2) is 39.8 Å². The van der Waals surface area contributed by atoms with Crippen LogP contribution in [0.4, 0.5) is 0 Å². The summed E-state index contributed by atoms with van der Waals surface area (Å²) in [5.41, 5.74) is 2.25. The first-order chi connectivity index (χ1) is 8.87. The highest BCUT2D eigenvalue weighted by atomic mass is 16.5. The van der Waals surface area contributed by atoms with Crippen LogP contribution in [0, 0.1) is 5.41 Å². The second-order valence-electron chi connectivity index (χ2n) is 6.37. The van der Waals surface area contributed by atoms with Crippen molar-refractivity contribution in [3.8, 4) is 0 Å². The summed E-state index contributed by atoms with van der Waals surface area (Å²) in [5, 5.41) is 19.4. The van der Waals surface area contributed by atoms with Gasteiger partial charge in [-0.15, -0.1) is 0 Å². The van der Waals surface area contributed by atoms with Crippen LogP contribution < -0.4 is 0 Å². The van der Waals surface area contributed by atoms with E-state index in [9.17, 15) is 15.0 Å². The minimum atomic E-state index is -0.941. The lowest BCUT2D eigenvalue weighted by Crippen LogP contribution is -2.26. The van der Waals surface area contributed by atoms with E-state index in [0.717, 1.165) is 12.1 Å². The molecule has 5 heteroatoms. The maximum absolute atomic E-state index is 12.1. The van der Waals surface area contributed by atoms with Crippen molar-refractivity contribution in [1.82, 2.24) is 4.98 Å². The first-order valence-corrected chi connectivity index (χ1v) is 6.60. The summed E-state index contributed by atoms with van der Waals surface area (Å²) < 4.78 is 5.39. The Morgan fingerprint density at radius 2 is 2.11 bits per heavy atom. The molecule has 0 radical (unpaired) electrons. The number of aromatic amines is 1. The number of H-pyrrole nitrogens is 1. The van der Waals surface area contributed by atoms with Gasteiger partial charge in [0.2, 0.25) is 0 Å². The minimum absolute atomic E-state index is 0.0408. The molecule has 2 heterocycles. The number of hydrogen-bond donors (Lipinski definition) is 3. The average molecular weight is 265 g/mol. The van der Waals surface area contributed by atoms with Gasteiger partial charge < -0.3 is 19.9 Å². The predicted molar refractivity (Wildman–Crippen MR) is 67.9 cm³/mol. The van der Waals surface area contributed by atoms with E-state index in [-0.39, 0.29) is 17.8 Å². The molecule has 2 aliphatic rings. The Kier molecular flexibility index (Phi) is 2.81. The number of nitrogens with one attached hydrogen (secondary N) is 1. The minimum Gasteiger partial charge on any atom is -0.388 e. The third-order valence-corrected chi connectivity index (χ3v) is 3.97. The molecule has 1 aromatic rings. The Balaban J connectivity index is 1.93. The molecule has 3 rings (SSSR count). The van der Waals surface area contributed by atoms with Gasteiger partial charge in [-0.2, -0.15) is 0 Å². The molecule has 0 unspecified atom stereocenters. The fourth-order valence-corrected chi connectivity index (χ4v) is 3.01. The molecule has 104 valence electrons. The van der Waals surface area contributed by atoms with E-state index < -0.39 is 18.3 Å². The van der Waals surface area contributed by atoms with Gasteiger partial charge in [0, 0.05) is 23.4 Å². The molecule has 0 spiro atoms. The van der Waals surface area contributed by atoms with Crippen LogP contribution in [0.3, 0.4) is 0 Å². The van der Waals surface area contributed by atoms with E-state index in [4.69, 9.17) is 4.74 Å². The number of Topliss-reactive ketones (excluding diaryl/α,β-unsaturated/α-hetero) is 1. The highest BCUT2D eigenvalue weighted by molar-refractivity contribution is 5.99. The van der Waals surface area contributed by atoms with Crippen LogP contribution in [-0.2, 0) is 11.2 Å². The number of ketones is 1. The topological polar surface area (TPSA) is 82.6 Å². The Morgan fingerprint density at radius 1 is 1.37 bits per heavy atom. The maximum atomic E-state index is 12.1. The van der Waals surface area contributed by atoms with Gasteiger partial charge in [-0.25, -0.2) is 0 Å². The van der Waals surface area contributed by atoms with Crippen LogP contribution in [0.1, 0.15) is 48.1 Å². The largest absolute Gasteiger partial charge is 0.388 e. The van der Waals surface area contributed by atoms with Crippen molar-refractivity contribution in [2.45, 2.75) is 45.0 Å². The Morgan fingerprint density at radius 3 is 2.74 bits per heavy atom. The van der Waals surface area contributed by atoms with E-state index in [0.29, 0.717) is 17.7 Å². The fourth-order valence-electron chi connectivity index (χ4n) is 3.01. The highest BCUT2D eigenvalue weighted by Gasteiger charge is 2.39. The number of rotatable bonds is 1. The summed E-state index contributed by atoms with van der Waals surface area (Å²) >= 11 is 0. The monoisotopic (exact) mass is 265 g/mol. The third-order valence-electron chi connectivity index (χ3n) is 3.97. The quantitative estimate of drug-likeness (QED) is 0.706. The molecule has 5 nitrogen and oxygen atoms in total. The molecule has 0 saturated carbocycles. The SMILES string of the molecule is CC1(C)CC(=O)c2cc([C@@H]3OC[C@@H](O)[C@@H]3O)[nH]c2C1. The predicted octanol–water partition coefficient (Wildman–Crippen LogP) is 0.963. The van der Waals surface area contributed by atoms with Crippen molar-refractivity contribution >= 4 is 5.78 Å². The van der Waals surface area contributed by atoms with Crippen molar-refractivity contribution in [1.29, 1.82) is 0 Å². The molecule has 3 N–H and O–H groups in total. The average Bonchev–Trinajstić information content (AvgIpc) is 2.83. The van der Waals surface area contributed by atoms with Gasteiger partial charge in [0.05, 0.1) is 6.61 Å². The molecular weight excluding hydrogens is 246 g/mol. The van der Waals surface area contributed by atoms with Gasteiger partial charge in [0.15, 0.2) is 5.78 Å². The highest BCUT2D eigenvalue weighted by Crippen LogP contribution is 2.37. The third kappa shape index (κ3) is 2.12. The van der Waals surface area contributed by atoms with Crippen LogP contribution in [0.2, 0.25) is 0 Å². The first kappa shape index (κ1) is 12.8. The van der Waals surface area contributed by atoms with Crippen molar-refractivity contribution in [2.24, 2.45) is 5.41 Å². The second kappa shape index (κ2) is 4.16. The van der Waals surface area contributed by atoms with E-state index in [1.54, 1.807) is 6.07 Å². The van der Waals surface area contributed by atoms with E-state index in [2.05, 4.69) is 18.8 Å². The zero-order chi connectivity index (χ0) is 13.8. The van der Waals surface area contributed by atoms with Gasteiger partial charge in [-0.1, -0.05) is 13.8 Å². The summed E-state index contributed by atoms with van der Waals surface area (Å²) in [5.74, 6) is 0.127. The molecule has 19 heavy (non-hydrogen) atoms. The second-order valence-corrected chi connectivity index (χ2v) is 6.37. The summed E-state index contributed by atoms with van der Waals surface area (Å²) in [6.07, 6.45) is -1.04. The standard InChI is InChI=1S/C14H19NO4/c1-14(2)4-9-7(10(16)5-14)3-8(15-9)13-12(18)11(17)6-19-13/h3,11-13,15,17-18H,4-6H2,1-2H3/t11-,12+,13+/m1/s1. The van der Waals surface area contributed by atoms with Crippen LogP contribution in [0.15, 0.2) is 6.07 Å². The molecule has 3 atom stereocenters. The van der Waals surface area contributed by atoms with Crippen molar-refractivity contribution < 1.29 is 19.7 Å². The van der Waals surface area contributed by atoms with Gasteiger partial charge in [0.1, 0.15) is 18.3 Å². The molecule has 1 saturated heterocycles. The van der Waals surface area contributed by atoms with Crippen molar-refractivity contribution in [2.75, 3.05) is 6.61 Å². The number of ether oxygens (including phenoxy) is 1. The summed E-state index contributed by atoms with van der Waals surface area (Å²) in [7, 11) is 0.